The van der Waals surface area contributed by atoms with Gasteiger partial charge >= 0.3 is 0 Å². The molecule has 0 atom stereocenters. The number of hydrogen-bond acceptors (Lipinski definition) is 2. The molecule has 0 bridgehead atoms. The molecule has 21 heavy (non-hydrogen) atoms. The highest BCUT2D eigenvalue weighted by Crippen LogP contribution is 2.14. The average Bonchev–Trinajstić information content (AvgIpc) is 2.49. The molecule has 116 valence electrons. The first-order valence-corrected chi connectivity index (χ1v) is 8.16. The van der Waals surface area contributed by atoms with Gasteiger partial charge in [0.05, 0.1) is 0 Å². The van der Waals surface area contributed by atoms with Gasteiger partial charge in [-0.25, -0.2) is 0 Å². The summed E-state index contributed by atoms with van der Waals surface area (Å²) in [5.41, 5.74) is 1.32. The first-order chi connectivity index (χ1) is 10.1. The fraction of sp³-hybridized carbons (Fsp3) is 0.500. The maximum absolute atomic E-state index is 12.4. The van der Waals surface area contributed by atoms with Crippen molar-refractivity contribution >= 4 is 17.4 Å². The van der Waals surface area contributed by atoms with Crippen molar-refractivity contribution in [1.82, 2.24) is 4.90 Å². The number of carbonyl (C=O) groups excluding carboxylic acids is 1. The Morgan fingerprint density at radius 2 is 1.62 bits per heavy atom. The summed E-state index contributed by atoms with van der Waals surface area (Å²) in [5.74, 6) is 0.0182. The zero-order valence-electron chi connectivity index (χ0n) is 13.2. The summed E-state index contributed by atoms with van der Waals surface area (Å²) in [6.07, 6.45) is 4.65. The Morgan fingerprint density at radius 1 is 1.10 bits per heavy atom. The third kappa shape index (κ3) is 6.45. The summed E-state index contributed by atoms with van der Waals surface area (Å²) >= 11 is 5.85. The lowest BCUT2D eigenvalue weighted by molar-refractivity contribution is 0.102. The fourth-order valence-corrected chi connectivity index (χ4v) is 2.31. The lowest BCUT2D eigenvalue weighted by Gasteiger charge is -2.22. The molecular formula is C18H26ClNO. The van der Waals surface area contributed by atoms with E-state index >= 15 is 0 Å². The maximum Gasteiger partial charge on any atom is 0.189 e. The molecule has 0 aromatic heterocycles. The monoisotopic (exact) mass is 307 g/mol. The highest BCUT2D eigenvalue weighted by atomic mass is 35.5. The standard InChI is InChI=1S/C18H26ClNO/c1-4-6-12-20(13-7-5-2)14-15(3)18(21)16-8-10-17(19)11-9-16/h8-11H,3-7,12-14H2,1-2H3. The normalized spacial score (nSPS) is 10.9. The second-order valence-corrected chi connectivity index (χ2v) is 5.86. The van der Waals surface area contributed by atoms with Crippen LogP contribution in [0.3, 0.4) is 0 Å². The maximum atomic E-state index is 12.4. The Kier molecular flexibility index (Phi) is 8.33. The molecule has 0 fully saturated rings. The van der Waals surface area contributed by atoms with Crippen molar-refractivity contribution in [1.29, 1.82) is 0 Å². The zero-order chi connectivity index (χ0) is 15.7. The van der Waals surface area contributed by atoms with Crippen LogP contribution in [0.4, 0.5) is 0 Å². The molecule has 1 aromatic rings. The first-order valence-electron chi connectivity index (χ1n) is 7.78. The van der Waals surface area contributed by atoms with Crippen LogP contribution in [0.15, 0.2) is 36.4 Å². The van der Waals surface area contributed by atoms with Gasteiger partial charge in [-0.3, -0.25) is 9.69 Å². The number of nitrogens with zero attached hydrogens (tertiary/aromatic N) is 1. The summed E-state index contributed by atoms with van der Waals surface area (Å²) in [4.78, 5) is 14.7. The number of halogens is 1. The van der Waals surface area contributed by atoms with Crippen LogP contribution >= 0.6 is 11.6 Å². The van der Waals surface area contributed by atoms with Crippen LogP contribution in [0.1, 0.15) is 49.9 Å². The zero-order valence-corrected chi connectivity index (χ0v) is 14.0. The van der Waals surface area contributed by atoms with Gasteiger partial charge in [-0.2, -0.15) is 0 Å². The van der Waals surface area contributed by atoms with Gasteiger partial charge in [-0.05, 0) is 50.2 Å². The lowest BCUT2D eigenvalue weighted by atomic mass is 10.0. The van der Waals surface area contributed by atoms with E-state index in [-0.39, 0.29) is 5.78 Å². The van der Waals surface area contributed by atoms with E-state index in [2.05, 4.69) is 25.3 Å². The predicted octanol–water partition coefficient (Wildman–Crippen LogP) is 4.98. The molecule has 0 amide bonds. The van der Waals surface area contributed by atoms with E-state index in [0.717, 1.165) is 25.9 Å². The molecule has 0 saturated carbocycles. The molecule has 0 N–H and O–H groups in total. The molecule has 0 heterocycles. The second kappa shape index (κ2) is 9.75. The van der Waals surface area contributed by atoms with Crippen molar-refractivity contribution < 1.29 is 4.79 Å². The van der Waals surface area contributed by atoms with E-state index in [4.69, 9.17) is 11.6 Å². The number of Topliss-reactive ketones (excluding diaryl/α,β-unsaturated/α-hetero) is 1. The third-order valence-corrected chi connectivity index (χ3v) is 3.75. The van der Waals surface area contributed by atoms with Crippen LogP contribution in [0.25, 0.3) is 0 Å². The van der Waals surface area contributed by atoms with Crippen molar-refractivity contribution in [2.24, 2.45) is 0 Å². The molecule has 3 heteroatoms. The number of hydrogen-bond donors (Lipinski definition) is 0. The summed E-state index contributed by atoms with van der Waals surface area (Å²) in [7, 11) is 0. The van der Waals surface area contributed by atoms with Gasteiger partial charge in [0.1, 0.15) is 0 Å². The average molecular weight is 308 g/mol. The van der Waals surface area contributed by atoms with Gasteiger partial charge in [0.15, 0.2) is 5.78 Å². The minimum absolute atomic E-state index is 0.0182. The molecular weight excluding hydrogens is 282 g/mol. The van der Waals surface area contributed by atoms with Crippen molar-refractivity contribution in [3.05, 3.63) is 47.0 Å². The summed E-state index contributed by atoms with van der Waals surface area (Å²) < 4.78 is 0. The minimum Gasteiger partial charge on any atom is -0.299 e. The molecule has 0 spiro atoms. The van der Waals surface area contributed by atoms with Crippen LogP contribution in [0.5, 0.6) is 0 Å². The van der Waals surface area contributed by atoms with Crippen LogP contribution in [-0.2, 0) is 0 Å². The van der Waals surface area contributed by atoms with E-state index in [9.17, 15) is 4.79 Å². The van der Waals surface area contributed by atoms with Gasteiger partial charge in [0.2, 0.25) is 0 Å². The Hall–Kier alpha value is -1.12. The number of unbranched alkanes of at least 4 members (excludes halogenated alkanes) is 2. The highest BCUT2D eigenvalue weighted by molar-refractivity contribution is 6.30. The molecule has 1 aromatic carbocycles. The van der Waals surface area contributed by atoms with Gasteiger partial charge in [0.25, 0.3) is 0 Å². The van der Waals surface area contributed by atoms with E-state index in [1.54, 1.807) is 24.3 Å². The van der Waals surface area contributed by atoms with E-state index in [1.807, 2.05) is 0 Å². The Bertz CT molecular complexity index is 445. The van der Waals surface area contributed by atoms with Crippen molar-refractivity contribution in [2.75, 3.05) is 19.6 Å². The molecule has 0 aliphatic rings. The first kappa shape index (κ1) is 17.9. The molecule has 1 rings (SSSR count). The molecule has 0 aliphatic heterocycles. The smallest absolute Gasteiger partial charge is 0.189 e. The Morgan fingerprint density at radius 3 is 2.10 bits per heavy atom. The van der Waals surface area contributed by atoms with Crippen molar-refractivity contribution in [3.8, 4) is 0 Å². The predicted molar refractivity (Wildman–Crippen MR) is 91.2 cm³/mol. The Labute approximate surface area is 133 Å². The van der Waals surface area contributed by atoms with Gasteiger partial charge < -0.3 is 0 Å². The highest BCUT2D eigenvalue weighted by Gasteiger charge is 2.13. The molecule has 0 aliphatic carbocycles. The fourth-order valence-electron chi connectivity index (χ4n) is 2.18. The third-order valence-electron chi connectivity index (χ3n) is 3.50. The molecule has 0 unspecified atom stereocenters. The molecule has 0 radical (unpaired) electrons. The number of carbonyl (C=O) groups is 1. The van der Waals surface area contributed by atoms with E-state index < -0.39 is 0 Å². The largest absolute Gasteiger partial charge is 0.299 e. The summed E-state index contributed by atoms with van der Waals surface area (Å²) in [5, 5.41) is 0.643. The van der Waals surface area contributed by atoms with E-state index in [0.29, 0.717) is 22.7 Å². The van der Waals surface area contributed by atoms with Gasteiger partial charge in [-0.1, -0.05) is 44.9 Å². The van der Waals surface area contributed by atoms with Crippen LogP contribution in [0.2, 0.25) is 5.02 Å². The van der Waals surface area contributed by atoms with Crippen LogP contribution in [-0.4, -0.2) is 30.3 Å². The number of rotatable bonds is 10. The quantitative estimate of drug-likeness (QED) is 0.449. The SMILES string of the molecule is C=C(CN(CCCC)CCCC)C(=O)c1ccc(Cl)cc1. The van der Waals surface area contributed by atoms with Gasteiger partial charge in [0, 0.05) is 22.7 Å². The van der Waals surface area contributed by atoms with Crippen LogP contribution in [0, 0.1) is 0 Å². The number of ketones is 1. The minimum atomic E-state index is 0.0182. The lowest BCUT2D eigenvalue weighted by Crippen LogP contribution is -2.30. The second-order valence-electron chi connectivity index (χ2n) is 5.42. The van der Waals surface area contributed by atoms with Crippen LogP contribution < -0.4 is 0 Å². The topological polar surface area (TPSA) is 20.3 Å². The molecule has 0 saturated heterocycles. The van der Waals surface area contributed by atoms with Crippen molar-refractivity contribution in [3.63, 3.8) is 0 Å². The summed E-state index contributed by atoms with van der Waals surface area (Å²) in [6, 6.07) is 7.01. The Balaban J connectivity index is 2.62. The molecule has 2 nitrogen and oxygen atoms in total. The number of benzene rings is 1. The van der Waals surface area contributed by atoms with Gasteiger partial charge in [-0.15, -0.1) is 0 Å². The summed E-state index contributed by atoms with van der Waals surface area (Å²) in [6.45, 7) is 11.1. The van der Waals surface area contributed by atoms with E-state index in [1.165, 1.54) is 12.8 Å². The van der Waals surface area contributed by atoms with Crippen molar-refractivity contribution in [2.45, 2.75) is 39.5 Å².